The number of rotatable bonds is 7. The second kappa shape index (κ2) is 10.6. The van der Waals surface area contributed by atoms with Crippen molar-refractivity contribution in [2.75, 3.05) is 70.9 Å². The van der Waals surface area contributed by atoms with Gasteiger partial charge in [-0.3, -0.25) is 14.7 Å². The van der Waals surface area contributed by atoms with Gasteiger partial charge < -0.3 is 19.4 Å². The van der Waals surface area contributed by atoms with E-state index in [2.05, 4.69) is 37.9 Å². The number of methoxy groups -OCH3 is 1. The van der Waals surface area contributed by atoms with Crippen LogP contribution in [0.2, 0.25) is 0 Å². The molecule has 3 heterocycles. The molecule has 2 fully saturated rings. The second-order valence-corrected chi connectivity index (χ2v) is 8.25. The molecule has 1 amide bonds. The molecule has 1 aromatic heterocycles. The number of ether oxygens (including phenoxy) is 1. The highest BCUT2D eigenvalue weighted by atomic mass is 16.5. The van der Waals surface area contributed by atoms with Gasteiger partial charge in [-0.2, -0.15) is 0 Å². The molecule has 166 valence electrons. The SMILES string of the molecule is COc1ccc(N2CCN(C(=O)CCN3CCN(Cc4ccccn4)CC3)CC2)cc1. The highest BCUT2D eigenvalue weighted by Gasteiger charge is 2.23. The van der Waals surface area contributed by atoms with Gasteiger partial charge in [-0.15, -0.1) is 0 Å². The van der Waals surface area contributed by atoms with E-state index in [1.54, 1.807) is 7.11 Å². The highest BCUT2D eigenvalue weighted by molar-refractivity contribution is 5.76. The molecule has 2 saturated heterocycles. The molecule has 0 unspecified atom stereocenters. The van der Waals surface area contributed by atoms with Gasteiger partial charge in [0.05, 0.1) is 12.8 Å². The van der Waals surface area contributed by atoms with Crippen LogP contribution in [0.5, 0.6) is 5.75 Å². The highest BCUT2D eigenvalue weighted by Crippen LogP contribution is 2.20. The van der Waals surface area contributed by atoms with Gasteiger partial charge in [0.2, 0.25) is 5.91 Å². The number of anilines is 1. The van der Waals surface area contributed by atoms with Crippen LogP contribution in [0.3, 0.4) is 0 Å². The minimum atomic E-state index is 0.283. The van der Waals surface area contributed by atoms with E-state index in [-0.39, 0.29) is 5.91 Å². The Bertz CT molecular complexity index is 814. The number of hydrogen-bond donors (Lipinski definition) is 0. The Morgan fingerprint density at radius 1 is 0.903 bits per heavy atom. The Labute approximate surface area is 185 Å². The number of hydrogen-bond acceptors (Lipinski definition) is 6. The maximum absolute atomic E-state index is 12.7. The van der Waals surface area contributed by atoms with Crippen LogP contribution in [0.1, 0.15) is 12.1 Å². The number of carbonyl (C=O) groups excluding carboxylic acids is 1. The van der Waals surface area contributed by atoms with Crippen molar-refractivity contribution in [2.24, 2.45) is 0 Å². The number of benzene rings is 1. The first-order chi connectivity index (χ1) is 15.2. The van der Waals surface area contributed by atoms with Crippen molar-refractivity contribution in [2.45, 2.75) is 13.0 Å². The van der Waals surface area contributed by atoms with Crippen LogP contribution in [0, 0.1) is 0 Å². The third-order valence-electron chi connectivity index (χ3n) is 6.29. The third kappa shape index (κ3) is 5.95. The Morgan fingerprint density at radius 3 is 2.26 bits per heavy atom. The van der Waals surface area contributed by atoms with E-state index in [1.165, 1.54) is 5.69 Å². The van der Waals surface area contributed by atoms with Crippen LogP contribution in [-0.2, 0) is 11.3 Å². The van der Waals surface area contributed by atoms with Gasteiger partial charge in [-0.05, 0) is 36.4 Å². The van der Waals surface area contributed by atoms with Gasteiger partial charge in [0, 0.05) is 83.8 Å². The molecule has 7 heteroatoms. The molecular formula is C24H33N5O2. The predicted molar refractivity (Wildman–Crippen MR) is 122 cm³/mol. The van der Waals surface area contributed by atoms with Crippen molar-refractivity contribution in [3.05, 3.63) is 54.4 Å². The van der Waals surface area contributed by atoms with E-state index < -0.39 is 0 Å². The van der Waals surface area contributed by atoms with Gasteiger partial charge in [0.1, 0.15) is 5.75 Å². The Morgan fingerprint density at radius 2 is 1.61 bits per heavy atom. The second-order valence-electron chi connectivity index (χ2n) is 8.25. The minimum absolute atomic E-state index is 0.283. The largest absolute Gasteiger partial charge is 0.497 e. The van der Waals surface area contributed by atoms with Crippen LogP contribution in [-0.4, -0.2) is 91.6 Å². The lowest BCUT2D eigenvalue weighted by atomic mass is 10.2. The van der Waals surface area contributed by atoms with Crippen molar-refractivity contribution in [3.63, 3.8) is 0 Å². The zero-order chi connectivity index (χ0) is 21.5. The normalized spacial score (nSPS) is 18.2. The summed E-state index contributed by atoms with van der Waals surface area (Å²) in [7, 11) is 1.68. The number of piperazine rings is 2. The first-order valence-corrected chi connectivity index (χ1v) is 11.2. The molecule has 0 bridgehead atoms. The summed E-state index contributed by atoms with van der Waals surface area (Å²) in [5.41, 5.74) is 2.32. The monoisotopic (exact) mass is 423 g/mol. The van der Waals surface area contributed by atoms with E-state index in [0.29, 0.717) is 6.42 Å². The molecule has 2 aromatic rings. The van der Waals surface area contributed by atoms with Crippen molar-refractivity contribution >= 4 is 11.6 Å². The Balaban J connectivity index is 1.15. The maximum atomic E-state index is 12.7. The molecule has 31 heavy (non-hydrogen) atoms. The standard InChI is InChI=1S/C24H33N5O2/c1-31-23-7-5-22(6-8-23)28-16-18-29(19-17-28)24(30)9-11-26-12-14-27(15-13-26)20-21-4-2-3-10-25-21/h2-8,10H,9,11-20H2,1H3. The molecule has 0 spiro atoms. The van der Waals surface area contributed by atoms with Crippen molar-refractivity contribution in [3.8, 4) is 5.75 Å². The molecular weight excluding hydrogens is 390 g/mol. The van der Waals surface area contributed by atoms with Crippen LogP contribution in [0.4, 0.5) is 5.69 Å². The molecule has 0 aliphatic carbocycles. The molecule has 0 saturated carbocycles. The molecule has 2 aliphatic heterocycles. The van der Waals surface area contributed by atoms with Crippen LogP contribution < -0.4 is 9.64 Å². The van der Waals surface area contributed by atoms with Gasteiger partial charge in [-0.1, -0.05) is 6.07 Å². The average molecular weight is 424 g/mol. The Hall–Kier alpha value is -2.64. The summed E-state index contributed by atoms with van der Waals surface area (Å²) in [6, 6.07) is 14.2. The average Bonchev–Trinajstić information content (AvgIpc) is 2.84. The minimum Gasteiger partial charge on any atom is -0.497 e. The summed E-state index contributed by atoms with van der Waals surface area (Å²) < 4.78 is 5.23. The zero-order valence-corrected chi connectivity index (χ0v) is 18.4. The number of pyridine rings is 1. The van der Waals surface area contributed by atoms with Crippen LogP contribution >= 0.6 is 0 Å². The summed E-state index contributed by atoms with van der Waals surface area (Å²) in [5, 5.41) is 0. The molecule has 0 atom stereocenters. The molecule has 1 aromatic carbocycles. The van der Waals surface area contributed by atoms with Gasteiger partial charge in [0.15, 0.2) is 0 Å². The van der Waals surface area contributed by atoms with E-state index >= 15 is 0 Å². The quantitative estimate of drug-likeness (QED) is 0.679. The first kappa shape index (κ1) is 21.6. The smallest absolute Gasteiger partial charge is 0.223 e. The fraction of sp³-hybridized carbons (Fsp3) is 0.500. The molecule has 2 aliphatic rings. The van der Waals surface area contributed by atoms with Crippen molar-refractivity contribution in [1.82, 2.24) is 19.7 Å². The maximum Gasteiger partial charge on any atom is 0.223 e. The van der Waals surface area contributed by atoms with E-state index in [0.717, 1.165) is 76.9 Å². The summed E-state index contributed by atoms with van der Waals surface area (Å²) in [5.74, 6) is 1.15. The molecule has 0 N–H and O–H groups in total. The predicted octanol–water partition coefficient (Wildman–Crippen LogP) is 1.95. The lowest BCUT2D eigenvalue weighted by molar-refractivity contribution is -0.131. The van der Waals surface area contributed by atoms with Gasteiger partial charge in [0.25, 0.3) is 0 Å². The van der Waals surface area contributed by atoms with Gasteiger partial charge in [-0.25, -0.2) is 0 Å². The van der Waals surface area contributed by atoms with Crippen LogP contribution in [0.25, 0.3) is 0 Å². The van der Waals surface area contributed by atoms with Crippen molar-refractivity contribution in [1.29, 1.82) is 0 Å². The van der Waals surface area contributed by atoms with Crippen LogP contribution in [0.15, 0.2) is 48.7 Å². The Kier molecular flexibility index (Phi) is 7.38. The molecule has 7 nitrogen and oxygen atoms in total. The number of aromatic nitrogens is 1. The third-order valence-corrected chi connectivity index (χ3v) is 6.29. The van der Waals surface area contributed by atoms with E-state index in [9.17, 15) is 4.79 Å². The number of amides is 1. The number of carbonyl (C=O) groups is 1. The first-order valence-electron chi connectivity index (χ1n) is 11.2. The van der Waals surface area contributed by atoms with Crippen molar-refractivity contribution < 1.29 is 9.53 Å². The molecule has 4 rings (SSSR count). The lowest BCUT2D eigenvalue weighted by Gasteiger charge is -2.37. The summed E-state index contributed by atoms with van der Waals surface area (Å²) in [4.78, 5) is 26.4. The fourth-order valence-corrected chi connectivity index (χ4v) is 4.31. The zero-order valence-electron chi connectivity index (χ0n) is 18.4. The summed E-state index contributed by atoms with van der Waals surface area (Å²) >= 11 is 0. The number of nitrogens with zero attached hydrogens (tertiary/aromatic N) is 5. The van der Waals surface area contributed by atoms with E-state index in [4.69, 9.17) is 4.74 Å². The van der Waals surface area contributed by atoms with E-state index in [1.807, 2.05) is 35.4 Å². The van der Waals surface area contributed by atoms with Gasteiger partial charge >= 0.3 is 0 Å². The fourth-order valence-electron chi connectivity index (χ4n) is 4.31. The summed E-state index contributed by atoms with van der Waals surface area (Å²) in [6.45, 7) is 9.22. The lowest BCUT2D eigenvalue weighted by Crippen LogP contribution is -2.50. The summed E-state index contributed by atoms with van der Waals surface area (Å²) in [6.07, 6.45) is 2.47. The molecule has 0 radical (unpaired) electrons. The topological polar surface area (TPSA) is 52.2 Å².